The minimum Gasteiger partial charge on any atom is -0.361 e. The molecule has 2 aromatic rings. The maximum atomic E-state index is 12.0. The van der Waals surface area contributed by atoms with E-state index in [1.165, 1.54) is 0 Å². The molecule has 1 aliphatic heterocycles. The molecule has 0 atom stereocenters. The number of aromatic nitrogens is 1. The fourth-order valence-corrected chi connectivity index (χ4v) is 2.75. The second-order valence-corrected chi connectivity index (χ2v) is 5.32. The van der Waals surface area contributed by atoms with Gasteiger partial charge in [0.05, 0.1) is 6.54 Å². The minimum atomic E-state index is 0.119. The summed E-state index contributed by atoms with van der Waals surface area (Å²) < 4.78 is 0. The average molecular weight is 290 g/mol. The number of nitrogens with one attached hydrogen (secondary N) is 1. The molecule has 104 valence electrons. The molecular weight excluding hydrogens is 274 g/mol. The van der Waals surface area contributed by atoms with Gasteiger partial charge in [0.1, 0.15) is 11.0 Å². The van der Waals surface area contributed by atoms with E-state index < -0.39 is 0 Å². The molecule has 0 unspecified atom stereocenters. The van der Waals surface area contributed by atoms with E-state index in [0.29, 0.717) is 11.0 Å². The maximum Gasteiger partial charge on any atom is 0.241 e. The molecule has 0 bridgehead atoms. The first kappa shape index (κ1) is 13.2. The molecule has 4 nitrogen and oxygen atoms in total. The number of hydrogen-bond acceptors (Lipinski definition) is 3. The zero-order valence-electron chi connectivity index (χ0n) is 11.1. The van der Waals surface area contributed by atoms with Crippen LogP contribution in [0.3, 0.4) is 0 Å². The highest BCUT2D eigenvalue weighted by molar-refractivity contribution is 6.34. The van der Waals surface area contributed by atoms with Crippen molar-refractivity contribution in [3.8, 4) is 0 Å². The monoisotopic (exact) mass is 289 g/mol. The van der Waals surface area contributed by atoms with Crippen molar-refractivity contribution in [2.24, 2.45) is 0 Å². The lowest BCUT2D eigenvalue weighted by Gasteiger charge is -2.16. The smallest absolute Gasteiger partial charge is 0.241 e. The van der Waals surface area contributed by atoms with E-state index in [1.54, 1.807) is 0 Å². The van der Waals surface area contributed by atoms with Crippen molar-refractivity contribution in [2.45, 2.75) is 12.8 Å². The topological polar surface area (TPSA) is 45.2 Å². The minimum absolute atomic E-state index is 0.119. The molecule has 3 rings (SSSR count). The Balaban J connectivity index is 1.72. The Morgan fingerprint density at radius 3 is 2.85 bits per heavy atom. The van der Waals surface area contributed by atoms with Crippen molar-refractivity contribution in [3.05, 3.63) is 35.5 Å². The number of likely N-dealkylation sites (tertiary alicyclic amines) is 1. The third-order valence-electron chi connectivity index (χ3n) is 3.57. The van der Waals surface area contributed by atoms with Gasteiger partial charge in [-0.05, 0) is 24.3 Å². The van der Waals surface area contributed by atoms with E-state index in [1.807, 2.05) is 35.2 Å². The van der Waals surface area contributed by atoms with Crippen LogP contribution in [0.1, 0.15) is 12.8 Å². The largest absolute Gasteiger partial charge is 0.361 e. The Hall–Kier alpha value is -1.81. The number of carbonyl (C=O) groups excluding carboxylic acids is 1. The van der Waals surface area contributed by atoms with Crippen LogP contribution >= 0.6 is 11.6 Å². The molecule has 1 N–H and O–H groups in total. The Morgan fingerprint density at radius 1 is 1.30 bits per heavy atom. The number of amides is 1. The number of fused-ring (bicyclic) bond motifs is 1. The number of halogens is 1. The summed E-state index contributed by atoms with van der Waals surface area (Å²) in [6, 6.07) is 9.72. The third kappa shape index (κ3) is 2.70. The molecule has 1 fully saturated rings. The molecule has 1 amide bonds. The van der Waals surface area contributed by atoms with Crippen molar-refractivity contribution in [2.75, 3.05) is 25.0 Å². The Bertz CT molecular complexity index is 638. The fourth-order valence-electron chi connectivity index (χ4n) is 2.49. The molecule has 0 aliphatic carbocycles. The van der Waals surface area contributed by atoms with Crippen LogP contribution in [0.25, 0.3) is 10.8 Å². The normalized spacial score (nSPS) is 14.8. The van der Waals surface area contributed by atoms with E-state index in [-0.39, 0.29) is 12.5 Å². The first-order chi connectivity index (χ1) is 9.74. The van der Waals surface area contributed by atoms with Crippen LogP contribution < -0.4 is 5.32 Å². The van der Waals surface area contributed by atoms with Crippen LogP contribution in [-0.4, -0.2) is 35.4 Å². The Kier molecular flexibility index (Phi) is 3.74. The maximum absolute atomic E-state index is 12.0. The first-order valence-electron chi connectivity index (χ1n) is 6.81. The summed E-state index contributed by atoms with van der Waals surface area (Å²) in [6.07, 6.45) is 2.21. The molecule has 1 aromatic heterocycles. The van der Waals surface area contributed by atoms with E-state index in [4.69, 9.17) is 11.6 Å². The van der Waals surface area contributed by atoms with Gasteiger partial charge in [0.25, 0.3) is 0 Å². The van der Waals surface area contributed by atoms with Crippen molar-refractivity contribution in [3.63, 3.8) is 0 Å². The van der Waals surface area contributed by atoms with Crippen molar-refractivity contribution >= 4 is 34.1 Å². The molecule has 5 heteroatoms. The van der Waals surface area contributed by atoms with Crippen LogP contribution in [0.5, 0.6) is 0 Å². The predicted octanol–water partition coefficient (Wildman–Crippen LogP) is 2.92. The van der Waals surface area contributed by atoms with Gasteiger partial charge in [-0.15, -0.1) is 0 Å². The van der Waals surface area contributed by atoms with E-state index in [2.05, 4.69) is 10.3 Å². The van der Waals surface area contributed by atoms with Crippen LogP contribution in [-0.2, 0) is 4.79 Å². The molecule has 1 aliphatic rings. The summed E-state index contributed by atoms with van der Waals surface area (Å²) in [5.74, 6) is 0.759. The Labute approximate surface area is 122 Å². The van der Waals surface area contributed by atoms with Crippen LogP contribution in [0.2, 0.25) is 5.15 Å². The summed E-state index contributed by atoms with van der Waals surface area (Å²) >= 11 is 6.16. The number of pyridine rings is 1. The second kappa shape index (κ2) is 5.67. The van der Waals surface area contributed by atoms with Gasteiger partial charge >= 0.3 is 0 Å². The summed E-state index contributed by atoms with van der Waals surface area (Å²) in [6.45, 7) is 2.00. The molecule has 0 radical (unpaired) electrons. The zero-order valence-corrected chi connectivity index (χ0v) is 11.9. The van der Waals surface area contributed by atoms with Crippen molar-refractivity contribution < 1.29 is 4.79 Å². The van der Waals surface area contributed by atoms with Gasteiger partial charge < -0.3 is 10.2 Å². The van der Waals surface area contributed by atoms with Gasteiger partial charge in [0, 0.05) is 18.5 Å². The quantitative estimate of drug-likeness (QED) is 0.884. The predicted molar refractivity (Wildman–Crippen MR) is 81.1 cm³/mol. The number of anilines is 1. The van der Waals surface area contributed by atoms with Crippen molar-refractivity contribution in [1.29, 1.82) is 0 Å². The summed E-state index contributed by atoms with van der Waals surface area (Å²) in [7, 11) is 0. The lowest BCUT2D eigenvalue weighted by molar-refractivity contribution is -0.128. The van der Waals surface area contributed by atoms with Gasteiger partial charge in [0.15, 0.2) is 0 Å². The van der Waals surface area contributed by atoms with Crippen molar-refractivity contribution in [1.82, 2.24) is 9.88 Å². The molecule has 1 aromatic carbocycles. The molecular formula is C15H16ClN3O. The molecule has 2 heterocycles. The van der Waals surface area contributed by atoms with Gasteiger partial charge in [0.2, 0.25) is 5.91 Å². The highest BCUT2D eigenvalue weighted by atomic mass is 35.5. The van der Waals surface area contributed by atoms with E-state index in [9.17, 15) is 4.79 Å². The second-order valence-electron chi connectivity index (χ2n) is 4.96. The van der Waals surface area contributed by atoms with Gasteiger partial charge in [-0.1, -0.05) is 35.9 Å². The molecule has 0 spiro atoms. The summed E-state index contributed by atoms with van der Waals surface area (Å²) in [5, 5.41) is 5.46. The highest BCUT2D eigenvalue weighted by Gasteiger charge is 2.17. The molecule has 20 heavy (non-hydrogen) atoms. The first-order valence-corrected chi connectivity index (χ1v) is 7.19. The fraction of sp³-hybridized carbons (Fsp3) is 0.333. The summed E-state index contributed by atoms with van der Waals surface area (Å²) in [4.78, 5) is 18.1. The number of benzene rings is 1. The standard InChI is InChI=1S/C15H16ClN3O/c16-15-12-6-2-1-5-11(12)9-13(18-15)17-10-14(20)19-7-3-4-8-19/h1-2,5-6,9H,3-4,7-8,10H2,(H,17,18). The number of nitrogens with zero attached hydrogens (tertiary/aromatic N) is 2. The number of rotatable bonds is 3. The lowest BCUT2D eigenvalue weighted by Crippen LogP contribution is -2.33. The summed E-state index contributed by atoms with van der Waals surface area (Å²) in [5.41, 5.74) is 0. The molecule has 0 saturated carbocycles. The lowest BCUT2D eigenvalue weighted by atomic mass is 10.2. The number of carbonyl (C=O) groups is 1. The third-order valence-corrected chi connectivity index (χ3v) is 3.86. The van der Waals surface area contributed by atoms with Crippen LogP contribution in [0.15, 0.2) is 30.3 Å². The Morgan fingerprint density at radius 2 is 2.05 bits per heavy atom. The highest BCUT2D eigenvalue weighted by Crippen LogP contribution is 2.24. The number of hydrogen-bond donors (Lipinski definition) is 1. The van der Waals surface area contributed by atoms with E-state index in [0.717, 1.165) is 36.7 Å². The van der Waals surface area contributed by atoms with E-state index >= 15 is 0 Å². The SMILES string of the molecule is O=C(CNc1cc2ccccc2c(Cl)n1)N1CCCC1. The van der Waals surface area contributed by atoms with Gasteiger partial charge in [-0.25, -0.2) is 4.98 Å². The van der Waals surface area contributed by atoms with Gasteiger partial charge in [-0.2, -0.15) is 0 Å². The molecule has 1 saturated heterocycles. The zero-order chi connectivity index (χ0) is 13.9. The van der Waals surface area contributed by atoms with Gasteiger partial charge in [-0.3, -0.25) is 4.79 Å². The average Bonchev–Trinajstić information content (AvgIpc) is 2.99. The van der Waals surface area contributed by atoms with Crippen LogP contribution in [0.4, 0.5) is 5.82 Å². The van der Waals surface area contributed by atoms with Crippen LogP contribution in [0, 0.1) is 0 Å².